The zero-order valence-electron chi connectivity index (χ0n) is 13.7. The van der Waals surface area contributed by atoms with Crippen LogP contribution in [0.2, 0.25) is 0 Å². The summed E-state index contributed by atoms with van der Waals surface area (Å²) in [6.07, 6.45) is 2.42. The van der Waals surface area contributed by atoms with Crippen LogP contribution in [0.3, 0.4) is 0 Å². The molecule has 0 aliphatic carbocycles. The van der Waals surface area contributed by atoms with E-state index in [9.17, 15) is 14.4 Å². The first-order chi connectivity index (χ1) is 12.1. The second kappa shape index (κ2) is 7.94. The predicted molar refractivity (Wildman–Crippen MR) is 97.4 cm³/mol. The van der Waals surface area contributed by atoms with Crippen molar-refractivity contribution in [2.45, 2.75) is 25.8 Å². The molecule has 0 radical (unpaired) electrons. The normalized spacial score (nSPS) is 14.2. The van der Waals surface area contributed by atoms with Gasteiger partial charge in [-0.15, -0.1) is 11.3 Å². The van der Waals surface area contributed by atoms with Crippen molar-refractivity contribution in [2.24, 2.45) is 0 Å². The molecule has 0 atom stereocenters. The molecule has 25 heavy (non-hydrogen) atoms. The van der Waals surface area contributed by atoms with Crippen molar-refractivity contribution in [3.05, 3.63) is 46.7 Å². The summed E-state index contributed by atoms with van der Waals surface area (Å²) in [4.78, 5) is 38.6. The van der Waals surface area contributed by atoms with Crippen molar-refractivity contribution >= 4 is 40.4 Å². The molecule has 1 aliphatic heterocycles. The van der Waals surface area contributed by atoms with Gasteiger partial charge in [-0.05, 0) is 42.5 Å². The predicted octanol–water partition coefficient (Wildman–Crippen LogP) is 2.52. The first-order valence-electron chi connectivity index (χ1n) is 8.15. The van der Waals surface area contributed by atoms with Gasteiger partial charge in [0.1, 0.15) is 0 Å². The Balaban J connectivity index is 1.60. The Morgan fingerprint density at radius 2 is 2.00 bits per heavy atom. The minimum Gasteiger partial charge on any atom is -0.343 e. The number of rotatable bonds is 4. The summed E-state index contributed by atoms with van der Waals surface area (Å²) in [5, 5.41) is 7.08. The third-order valence-corrected chi connectivity index (χ3v) is 4.83. The molecule has 2 heterocycles. The maximum Gasteiger partial charge on any atom is 0.313 e. The van der Waals surface area contributed by atoms with E-state index in [0.717, 1.165) is 23.4 Å². The fourth-order valence-corrected chi connectivity index (χ4v) is 3.32. The molecule has 1 fully saturated rings. The van der Waals surface area contributed by atoms with Crippen LogP contribution in [0, 0.1) is 0 Å². The van der Waals surface area contributed by atoms with E-state index in [1.54, 1.807) is 23.1 Å². The van der Waals surface area contributed by atoms with E-state index in [1.807, 2.05) is 23.6 Å². The van der Waals surface area contributed by atoms with Crippen LogP contribution in [0.5, 0.6) is 0 Å². The van der Waals surface area contributed by atoms with Gasteiger partial charge >= 0.3 is 11.8 Å². The zero-order chi connectivity index (χ0) is 17.6. The van der Waals surface area contributed by atoms with E-state index in [-0.39, 0.29) is 5.91 Å². The summed E-state index contributed by atoms with van der Waals surface area (Å²) in [5.41, 5.74) is 1.23. The van der Waals surface area contributed by atoms with Crippen molar-refractivity contribution < 1.29 is 14.4 Å². The SMILES string of the molecule is O=C(NCc1cccs1)C(=O)Nc1cccc(N2CCCCC2=O)c1. The molecular formula is C18H19N3O3S. The highest BCUT2D eigenvalue weighted by Crippen LogP contribution is 2.23. The molecule has 0 spiro atoms. The number of carbonyl (C=O) groups excluding carboxylic acids is 3. The molecule has 3 amide bonds. The Labute approximate surface area is 149 Å². The lowest BCUT2D eigenvalue weighted by molar-refractivity contribution is -0.136. The molecular weight excluding hydrogens is 338 g/mol. The van der Waals surface area contributed by atoms with Crippen molar-refractivity contribution in [2.75, 3.05) is 16.8 Å². The molecule has 1 aromatic carbocycles. The van der Waals surface area contributed by atoms with Gasteiger partial charge < -0.3 is 15.5 Å². The van der Waals surface area contributed by atoms with Crippen LogP contribution < -0.4 is 15.5 Å². The van der Waals surface area contributed by atoms with Gasteiger partial charge in [0.25, 0.3) is 0 Å². The quantitative estimate of drug-likeness (QED) is 0.826. The second-order valence-corrected chi connectivity index (χ2v) is 6.80. The average molecular weight is 357 g/mol. The molecule has 0 bridgehead atoms. The minimum absolute atomic E-state index is 0.0865. The Morgan fingerprint density at radius 3 is 2.76 bits per heavy atom. The molecule has 130 valence electrons. The van der Waals surface area contributed by atoms with Crippen LogP contribution in [0.25, 0.3) is 0 Å². The number of nitrogens with one attached hydrogen (secondary N) is 2. The van der Waals surface area contributed by atoms with E-state index in [2.05, 4.69) is 10.6 Å². The van der Waals surface area contributed by atoms with E-state index in [1.165, 1.54) is 11.3 Å². The van der Waals surface area contributed by atoms with Gasteiger partial charge in [-0.1, -0.05) is 12.1 Å². The van der Waals surface area contributed by atoms with E-state index >= 15 is 0 Å². The van der Waals surface area contributed by atoms with Crippen LogP contribution in [0.15, 0.2) is 41.8 Å². The first-order valence-corrected chi connectivity index (χ1v) is 9.03. The fourth-order valence-electron chi connectivity index (χ4n) is 2.68. The van der Waals surface area contributed by atoms with E-state index < -0.39 is 11.8 Å². The molecule has 1 aliphatic rings. The van der Waals surface area contributed by atoms with Crippen LogP contribution in [-0.4, -0.2) is 24.3 Å². The maximum absolute atomic E-state index is 12.0. The lowest BCUT2D eigenvalue weighted by Crippen LogP contribution is -2.36. The Bertz CT molecular complexity index is 774. The number of benzene rings is 1. The topological polar surface area (TPSA) is 78.5 Å². The smallest absolute Gasteiger partial charge is 0.313 e. The minimum atomic E-state index is -0.723. The second-order valence-electron chi connectivity index (χ2n) is 5.77. The van der Waals surface area contributed by atoms with E-state index in [4.69, 9.17) is 0 Å². The van der Waals surface area contributed by atoms with Gasteiger partial charge in [-0.3, -0.25) is 14.4 Å². The van der Waals surface area contributed by atoms with Gasteiger partial charge in [-0.2, -0.15) is 0 Å². The fraction of sp³-hybridized carbons (Fsp3) is 0.278. The maximum atomic E-state index is 12.0. The standard InChI is InChI=1S/C18H19N3O3S/c22-16-8-1-2-9-21(16)14-6-3-5-13(11-14)20-18(24)17(23)19-12-15-7-4-10-25-15/h3-7,10-11H,1-2,8-9,12H2,(H,19,23)(H,20,24). The third-order valence-electron chi connectivity index (χ3n) is 3.95. The highest BCUT2D eigenvalue weighted by Gasteiger charge is 2.20. The molecule has 0 unspecified atom stereocenters. The molecule has 1 saturated heterocycles. The Hall–Kier alpha value is -2.67. The van der Waals surface area contributed by atoms with Crippen LogP contribution in [0.1, 0.15) is 24.1 Å². The van der Waals surface area contributed by atoms with Crippen molar-refractivity contribution in [1.29, 1.82) is 0 Å². The lowest BCUT2D eigenvalue weighted by atomic mass is 10.1. The van der Waals surface area contributed by atoms with Gasteiger partial charge in [0.2, 0.25) is 5.91 Å². The largest absolute Gasteiger partial charge is 0.343 e. The van der Waals surface area contributed by atoms with Gasteiger partial charge in [0.15, 0.2) is 0 Å². The highest BCUT2D eigenvalue weighted by atomic mass is 32.1. The van der Waals surface area contributed by atoms with Crippen LogP contribution >= 0.6 is 11.3 Å². The zero-order valence-corrected chi connectivity index (χ0v) is 14.5. The number of nitrogens with zero attached hydrogens (tertiary/aromatic N) is 1. The molecule has 2 N–H and O–H groups in total. The molecule has 3 rings (SSSR count). The third kappa shape index (κ3) is 4.45. The van der Waals surface area contributed by atoms with Crippen LogP contribution in [-0.2, 0) is 20.9 Å². The lowest BCUT2D eigenvalue weighted by Gasteiger charge is -2.27. The monoisotopic (exact) mass is 357 g/mol. The number of hydrogen-bond donors (Lipinski definition) is 2. The van der Waals surface area contributed by atoms with Crippen LogP contribution in [0.4, 0.5) is 11.4 Å². The molecule has 1 aromatic heterocycles. The highest BCUT2D eigenvalue weighted by molar-refractivity contribution is 7.09. The molecule has 7 heteroatoms. The van der Waals surface area contributed by atoms with Crippen molar-refractivity contribution in [3.8, 4) is 0 Å². The molecule has 2 aromatic rings. The number of hydrogen-bond acceptors (Lipinski definition) is 4. The summed E-state index contributed by atoms with van der Waals surface area (Å²) in [5.74, 6) is -1.32. The van der Waals surface area contributed by atoms with Gasteiger partial charge in [0, 0.05) is 29.2 Å². The van der Waals surface area contributed by atoms with Gasteiger partial charge in [0.05, 0.1) is 6.54 Å². The summed E-state index contributed by atoms with van der Waals surface area (Å²) in [6, 6.07) is 10.8. The molecule has 6 nitrogen and oxygen atoms in total. The van der Waals surface area contributed by atoms with Crippen molar-refractivity contribution in [3.63, 3.8) is 0 Å². The number of piperidine rings is 1. The Kier molecular flexibility index (Phi) is 5.45. The summed E-state index contributed by atoms with van der Waals surface area (Å²) in [6.45, 7) is 1.00. The first kappa shape index (κ1) is 17.2. The number of carbonyl (C=O) groups is 3. The number of amides is 3. The summed E-state index contributed by atoms with van der Waals surface area (Å²) >= 11 is 1.51. The average Bonchev–Trinajstić information content (AvgIpc) is 3.14. The Morgan fingerprint density at radius 1 is 1.12 bits per heavy atom. The van der Waals surface area contributed by atoms with E-state index in [0.29, 0.717) is 25.2 Å². The number of thiophene rings is 1. The number of anilines is 2. The summed E-state index contributed by atoms with van der Waals surface area (Å²) in [7, 11) is 0. The van der Waals surface area contributed by atoms with Gasteiger partial charge in [-0.25, -0.2) is 0 Å². The molecule has 0 saturated carbocycles. The summed E-state index contributed by atoms with van der Waals surface area (Å²) < 4.78 is 0. The van der Waals surface area contributed by atoms with Crippen molar-refractivity contribution in [1.82, 2.24) is 5.32 Å².